The van der Waals surface area contributed by atoms with Crippen molar-refractivity contribution in [3.05, 3.63) is 54.6 Å². The maximum atomic E-state index is 12.2. The van der Waals surface area contributed by atoms with E-state index in [1.807, 2.05) is 54.6 Å². The molecule has 2 aromatic carbocycles. The van der Waals surface area contributed by atoms with Crippen molar-refractivity contribution in [3.8, 4) is 16.9 Å². The summed E-state index contributed by atoms with van der Waals surface area (Å²) in [5, 5.41) is 6.46. The Bertz CT molecular complexity index is 678. The monoisotopic (exact) mass is 360 g/mol. The van der Waals surface area contributed by atoms with Gasteiger partial charge in [-0.05, 0) is 37.9 Å². The molecule has 0 saturated carbocycles. The minimum Gasteiger partial charge on any atom is -0.483 e. The van der Waals surface area contributed by atoms with Crippen molar-refractivity contribution in [3.63, 3.8) is 0 Å². The van der Waals surface area contributed by atoms with Crippen molar-refractivity contribution in [2.45, 2.75) is 31.8 Å². The second kappa shape index (κ2) is 9.44. The number of nitrogens with one attached hydrogen (secondary N) is 2. The highest BCUT2D eigenvalue weighted by atomic mass is 35.5. The third-order valence-corrected chi connectivity index (χ3v) is 4.44. The zero-order valence-corrected chi connectivity index (χ0v) is 15.2. The number of hydrogen-bond acceptors (Lipinski definition) is 3. The van der Waals surface area contributed by atoms with Crippen molar-refractivity contribution in [2.75, 3.05) is 13.2 Å². The first-order valence-corrected chi connectivity index (χ1v) is 8.54. The van der Waals surface area contributed by atoms with Crippen LogP contribution >= 0.6 is 12.4 Å². The van der Waals surface area contributed by atoms with E-state index in [0.29, 0.717) is 6.04 Å². The molecule has 2 aromatic rings. The zero-order chi connectivity index (χ0) is 16.8. The summed E-state index contributed by atoms with van der Waals surface area (Å²) in [5.74, 6) is 0.659. The predicted octanol–water partition coefficient (Wildman–Crippen LogP) is 3.41. The van der Waals surface area contributed by atoms with E-state index < -0.39 is 0 Å². The third-order valence-electron chi connectivity index (χ3n) is 4.44. The topological polar surface area (TPSA) is 50.4 Å². The highest BCUT2D eigenvalue weighted by Gasteiger charge is 2.22. The van der Waals surface area contributed by atoms with Crippen LogP contribution in [-0.4, -0.2) is 31.1 Å². The number of halogens is 1. The summed E-state index contributed by atoms with van der Waals surface area (Å²) < 4.78 is 5.80. The second-order valence-corrected chi connectivity index (χ2v) is 6.21. The van der Waals surface area contributed by atoms with E-state index in [0.717, 1.165) is 36.3 Å². The lowest BCUT2D eigenvalue weighted by Gasteiger charge is -2.30. The molecule has 2 N–H and O–H groups in total. The van der Waals surface area contributed by atoms with E-state index in [9.17, 15) is 4.79 Å². The van der Waals surface area contributed by atoms with Crippen molar-refractivity contribution >= 4 is 18.3 Å². The van der Waals surface area contributed by atoms with E-state index in [2.05, 4.69) is 17.6 Å². The first-order valence-electron chi connectivity index (χ1n) is 8.54. The van der Waals surface area contributed by atoms with Crippen LogP contribution < -0.4 is 15.4 Å². The number of carbonyl (C=O) groups is 1. The first-order chi connectivity index (χ1) is 11.7. The summed E-state index contributed by atoms with van der Waals surface area (Å²) in [6.45, 7) is 3.16. The summed E-state index contributed by atoms with van der Waals surface area (Å²) in [5.41, 5.74) is 2.08. The zero-order valence-electron chi connectivity index (χ0n) is 14.4. The smallest absolute Gasteiger partial charge is 0.258 e. The van der Waals surface area contributed by atoms with Gasteiger partial charge in [-0.25, -0.2) is 0 Å². The van der Waals surface area contributed by atoms with Gasteiger partial charge in [0.05, 0.1) is 0 Å². The number of piperidine rings is 1. The molecule has 0 aromatic heterocycles. The largest absolute Gasteiger partial charge is 0.483 e. The lowest BCUT2D eigenvalue weighted by Crippen LogP contribution is -2.52. The van der Waals surface area contributed by atoms with Gasteiger partial charge in [0.15, 0.2) is 6.61 Å². The molecule has 1 aliphatic rings. The van der Waals surface area contributed by atoms with Gasteiger partial charge < -0.3 is 15.4 Å². The van der Waals surface area contributed by atoms with Crippen molar-refractivity contribution < 1.29 is 9.53 Å². The van der Waals surface area contributed by atoms with Gasteiger partial charge in [0.1, 0.15) is 5.75 Å². The molecule has 2 atom stereocenters. The number of ether oxygens (including phenoxy) is 1. The van der Waals surface area contributed by atoms with Crippen molar-refractivity contribution in [1.82, 2.24) is 10.6 Å². The number of hydrogen-bond donors (Lipinski definition) is 2. The predicted molar refractivity (Wildman–Crippen MR) is 103 cm³/mol. The van der Waals surface area contributed by atoms with Gasteiger partial charge in [-0.3, -0.25) is 4.79 Å². The van der Waals surface area contributed by atoms with Gasteiger partial charge in [0.2, 0.25) is 0 Å². The Morgan fingerprint density at radius 3 is 2.64 bits per heavy atom. The third kappa shape index (κ3) is 5.21. The van der Waals surface area contributed by atoms with Crippen LogP contribution in [0.2, 0.25) is 0 Å². The van der Waals surface area contributed by atoms with Crippen LogP contribution in [0, 0.1) is 0 Å². The Labute approximate surface area is 155 Å². The van der Waals surface area contributed by atoms with Gasteiger partial charge >= 0.3 is 0 Å². The van der Waals surface area contributed by atoms with E-state index >= 15 is 0 Å². The molecule has 1 saturated heterocycles. The summed E-state index contributed by atoms with van der Waals surface area (Å²) in [6, 6.07) is 18.4. The molecule has 134 valence electrons. The fraction of sp³-hybridized carbons (Fsp3) is 0.350. The molecule has 1 heterocycles. The van der Waals surface area contributed by atoms with Crippen LogP contribution in [0.15, 0.2) is 54.6 Å². The molecule has 0 aliphatic carbocycles. The van der Waals surface area contributed by atoms with E-state index in [1.54, 1.807) is 0 Å². The van der Waals surface area contributed by atoms with Crippen molar-refractivity contribution in [2.24, 2.45) is 0 Å². The van der Waals surface area contributed by atoms with E-state index in [-0.39, 0.29) is 31.0 Å². The maximum absolute atomic E-state index is 12.2. The molecule has 5 heteroatoms. The summed E-state index contributed by atoms with van der Waals surface area (Å²) in [4.78, 5) is 12.2. The fourth-order valence-corrected chi connectivity index (χ4v) is 3.08. The maximum Gasteiger partial charge on any atom is 0.258 e. The molecule has 1 aliphatic heterocycles. The average molecular weight is 361 g/mol. The van der Waals surface area contributed by atoms with Crippen LogP contribution in [0.25, 0.3) is 11.1 Å². The summed E-state index contributed by atoms with van der Waals surface area (Å²) in [7, 11) is 0. The van der Waals surface area contributed by atoms with Crippen LogP contribution in [0.3, 0.4) is 0 Å². The first kappa shape index (κ1) is 19.3. The standard InChI is InChI=1S/C20H24N2O2.ClH/c1-15-18(11-7-13-21-15)22-20(23)14-24-19-12-6-5-10-17(19)16-8-3-2-4-9-16;/h2-6,8-10,12,15,18,21H,7,11,13-14H2,1H3,(H,22,23);1H. The average Bonchev–Trinajstić information content (AvgIpc) is 2.63. The number of para-hydroxylation sites is 1. The van der Waals surface area contributed by atoms with Gasteiger partial charge in [0, 0.05) is 17.6 Å². The van der Waals surface area contributed by atoms with Gasteiger partial charge in [-0.1, -0.05) is 48.5 Å². The van der Waals surface area contributed by atoms with Crippen LogP contribution in [-0.2, 0) is 4.79 Å². The Kier molecular flexibility index (Phi) is 7.29. The highest BCUT2D eigenvalue weighted by molar-refractivity contribution is 5.85. The molecular formula is C20H25ClN2O2. The number of rotatable bonds is 5. The highest BCUT2D eigenvalue weighted by Crippen LogP contribution is 2.29. The van der Waals surface area contributed by atoms with Crippen LogP contribution in [0.5, 0.6) is 5.75 Å². The minimum absolute atomic E-state index is 0. The Balaban J connectivity index is 0.00000225. The minimum atomic E-state index is -0.0709. The lowest BCUT2D eigenvalue weighted by molar-refractivity contribution is -0.124. The Morgan fingerprint density at radius 2 is 1.88 bits per heavy atom. The molecule has 25 heavy (non-hydrogen) atoms. The summed E-state index contributed by atoms with van der Waals surface area (Å²) in [6.07, 6.45) is 2.10. The molecule has 1 amide bonds. The fourth-order valence-electron chi connectivity index (χ4n) is 3.08. The van der Waals surface area contributed by atoms with Crippen LogP contribution in [0.1, 0.15) is 19.8 Å². The normalized spacial score (nSPS) is 19.6. The lowest BCUT2D eigenvalue weighted by atomic mass is 10.00. The molecule has 4 nitrogen and oxygen atoms in total. The Morgan fingerprint density at radius 1 is 1.16 bits per heavy atom. The molecular weight excluding hydrogens is 336 g/mol. The van der Waals surface area contributed by atoms with Crippen LogP contribution in [0.4, 0.5) is 0 Å². The summed E-state index contributed by atoms with van der Waals surface area (Å²) >= 11 is 0. The van der Waals surface area contributed by atoms with Gasteiger partial charge in [-0.15, -0.1) is 12.4 Å². The van der Waals surface area contributed by atoms with E-state index in [1.165, 1.54) is 0 Å². The number of amides is 1. The molecule has 1 fully saturated rings. The number of carbonyl (C=O) groups excluding carboxylic acids is 1. The second-order valence-electron chi connectivity index (χ2n) is 6.21. The number of benzene rings is 2. The molecule has 0 radical (unpaired) electrons. The Hall–Kier alpha value is -2.04. The molecule has 0 spiro atoms. The van der Waals surface area contributed by atoms with Gasteiger partial charge in [0.25, 0.3) is 5.91 Å². The quantitative estimate of drug-likeness (QED) is 0.859. The SMILES string of the molecule is CC1NCCCC1NC(=O)COc1ccccc1-c1ccccc1.Cl. The molecule has 2 unspecified atom stereocenters. The van der Waals surface area contributed by atoms with Crippen molar-refractivity contribution in [1.29, 1.82) is 0 Å². The molecule has 3 rings (SSSR count). The van der Waals surface area contributed by atoms with E-state index in [4.69, 9.17) is 4.74 Å². The molecule has 0 bridgehead atoms. The van der Waals surface area contributed by atoms with Gasteiger partial charge in [-0.2, -0.15) is 0 Å².